The summed E-state index contributed by atoms with van der Waals surface area (Å²) in [6.07, 6.45) is 8.18. The molecule has 1 aromatic rings. The molecule has 17 heavy (non-hydrogen) atoms. The molecule has 0 aromatic carbocycles. The van der Waals surface area contributed by atoms with Crippen molar-refractivity contribution in [2.45, 2.75) is 31.8 Å². The molecule has 2 nitrogen and oxygen atoms in total. The van der Waals surface area contributed by atoms with E-state index in [9.17, 15) is 5.11 Å². The third-order valence-corrected chi connectivity index (χ3v) is 4.11. The maximum Gasteiger partial charge on any atom is 0.1000 e. The molecule has 0 bridgehead atoms. The summed E-state index contributed by atoms with van der Waals surface area (Å²) in [7, 11) is 0. The fraction of sp³-hybridized carbons (Fsp3) is 0.571. The van der Waals surface area contributed by atoms with Crippen LogP contribution in [0.4, 0.5) is 0 Å². The van der Waals surface area contributed by atoms with Gasteiger partial charge in [-0.15, -0.1) is 0 Å². The Labute approximate surface area is 107 Å². The Kier molecular flexibility index (Phi) is 4.37. The number of hydrogen-bond donors (Lipinski definition) is 2. The molecule has 2 rings (SSSR count). The van der Waals surface area contributed by atoms with Gasteiger partial charge in [0.1, 0.15) is 0 Å². The zero-order chi connectivity index (χ0) is 12.1. The fourth-order valence-electron chi connectivity index (χ4n) is 2.23. The van der Waals surface area contributed by atoms with Crippen molar-refractivity contribution < 1.29 is 5.11 Å². The van der Waals surface area contributed by atoms with Gasteiger partial charge in [0.05, 0.1) is 5.60 Å². The van der Waals surface area contributed by atoms with E-state index in [1.807, 2.05) is 23.8 Å². The Bertz CT molecular complexity index is 356. The summed E-state index contributed by atoms with van der Waals surface area (Å²) in [6.45, 7) is 3.51. The molecular formula is C14H21NOS. The van der Waals surface area contributed by atoms with E-state index in [4.69, 9.17) is 0 Å². The van der Waals surface area contributed by atoms with Gasteiger partial charge in [-0.3, -0.25) is 0 Å². The van der Waals surface area contributed by atoms with Gasteiger partial charge >= 0.3 is 0 Å². The number of aliphatic hydroxyl groups is 1. The van der Waals surface area contributed by atoms with Crippen LogP contribution in [0.25, 0.3) is 0 Å². The van der Waals surface area contributed by atoms with E-state index in [1.54, 1.807) is 11.3 Å². The highest BCUT2D eigenvalue weighted by Gasteiger charge is 2.23. The van der Waals surface area contributed by atoms with Crippen molar-refractivity contribution in [2.75, 3.05) is 13.1 Å². The number of hydrogen-bond acceptors (Lipinski definition) is 3. The first-order chi connectivity index (χ1) is 8.18. The Morgan fingerprint density at radius 1 is 1.53 bits per heavy atom. The summed E-state index contributed by atoms with van der Waals surface area (Å²) in [6, 6.07) is 2.00. The molecule has 0 spiro atoms. The van der Waals surface area contributed by atoms with Crippen LogP contribution in [-0.4, -0.2) is 18.2 Å². The molecule has 0 amide bonds. The Hall–Kier alpha value is -0.640. The van der Waals surface area contributed by atoms with E-state index < -0.39 is 5.60 Å². The lowest BCUT2D eigenvalue weighted by Crippen LogP contribution is -2.37. The molecule has 2 atom stereocenters. The molecule has 0 fully saturated rings. The van der Waals surface area contributed by atoms with Crippen molar-refractivity contribution in [3.8, 4) is 0 Å². The van der Waals surface area contributed by atoms with Crippen molar-refractivity contribution in [1.29, 1.82) is 0 Å². The average Bonchev–Trinajstić information content (AvgIpc) is 2.84. The zero-order valence-electron chi connectivity index (χ0n) is 10.4. The molecular weight excluding hydrogens is 230 g/mol. The number of rotatable bonds is 5. The first-order valence-electron chi connectivity index (χ1n) is 6.29. The fourth-order valence-corrected chi connectivity index (χ4v) is 3.02. The van der Waals surface area contributed by atoms with Crippen LogP contribution in [0, 0.1) is 5.92 Å². The minimum Gasteiger partial charge on any atom is -0.384 e. The van der Waals surface area contributed by atoms with Gasteiger partial charge < -0.3 is 10.4 Å². The quantitative estimate of drug-likeness (QED) is 0.789. The van der Waals surface area contributed by atoms with Crippen LogP contribution in [0.2, 0.25) is 0 Å². The smallest absolute Gasteiger partial charge is 0.1000 e. The lowest BCUT2D eigenvalue weighted by atomic mass is 9.93. The molecule has 2 N–H and O–H groups in total. The van der Waals surface area contributed by atoms with E-state index in [0.717, 1.165) is 18.0 Å². The normalized spacial score (nSPS) is 23.5. The lowest BCUT2D eigenvalue weighted by molar-refractivity contribution is 0.0563. The van der Waals surface area contributed by atoms with Crippen molar-refractivity contribution >= 4 is 11.3 Å². The van der Waals surface area contributed by atoms with Crippen molar-refractivity contribution in [3.63, 3.8) is 0 Å². The Morgan fingerprint density at radius 3 is 3.06 bits per heavy atom. The highest BCUT2D eigenvalue weighted by molar-refractivity contribution is 7.08. The second-order valence-electron chi connectivity index (χ2n) is 5.07. The molecule has 0 aliphatic heterocycles. The summed E-state index contributed by atoms with van der Waals surface area (Å²) in [5.41, 5.74) is 0.267. The first kappa shape index (κ1) is 12.8. The van der Waals surface area contributed by atoms with E-state index in [0.29, 0.717) is 6.54 Å². The number of allylic oxidation sites excluding steroid dienone is 2. The van der Waals surface area contributed by atoms with Crippen molar-refractivity contribution in [1.82, 2.24) is 5.32 Å². The van der Waals surface area contributed by atoms with Gasteiger partial charge in [-0.2, -0.15) is 11.3 Å². The molecule has 1 aromatic heterocycles. The third-order valence-electron chi connectivity index (χ3n) is 3.42. The van der Waals surface area contributed by atoms with Gasteiger partial charge in [0, 0.05) is 6.54 Å². The molecule has 1 aliphatic rings. The predicted molar refractivity (Wildman–Crippen MR) is 73.2 cm³/mol. The Balaban J connectivity index is 1.76. The second kappa shape index (κ2) is 5.80. The van der Waals surface area contributed by atoms with Gasteiger partial charge in [0.2, 0.25) is 0 Å². The summed E-state index contributed by atoms with van der Waals surface area (Å²) in [4.78, 5) is 0. The van der Waals surface area contributed by atoms with Crippen LogP contribution in [0.3, 0.4) is 0 Å². The minimum absolute atomic E-state index is 0.629. The molecule has 94 valence electrons. The van der Waals surface area contributed by atoms with E-state index >= 15 is 0 Å². The predicted octanol–water partition coefficient (Wildman–Crippen LogP) is 2.90. The lowest BCUT2D eigenvalue weighted by Gasteiger charge is -2.25. The third kappa shape index (κ3) is 3.66. The van der Waals surface area contributed by atoms with Crippen LogP contribution < -0.4 is 5.32 Å². The van der Waals surface area contributed by atoms with Gasteiger partial charge in [0.15, 0.2) is 0 Å². The van der Waals surface area contributed by atoms with Gasteiger partial charge in [-0.05, 0) is 61.0 Å². The number of thiophene rings is 1. The molecule has 0 saturated carbocycles. The molecule has 0 saturated heterocycles. The average molecular weight is 251 g/mol. The van der Waals surface area contributed by atoms with Gasteiger partial charge in [0.25, 0.3) is 0 Å². The summed E-state index contributed by atoms with van der Waals surface area (Å²) < 4.78 is 0. The SMILES string of the molecule is C[C@@](O)(CNC[C@H]1CC=CCC1)c1ccsc1. The van der Waals surface area contributed by atoms with E-state index in [-0.39, 0.29) is 0 Å². The molecule has 0 radical (unpaired) electrons. The molecule has 1 heterocycles. The topological polar surface area (TPSA) is 32.3 Å². The summed E-state index contributed by atoms with van der Waals surface area (Å²) in [5.74, 6) is 0.735. The van der Waals surface area contributed by atoms with E-state index in [2.05, 4.69) is 17.5 Å². The van der Waals surface area contributed by atoms with E-state index in [1.165, 1.54) is 19.3 Å². The van der Waals surface area contributed by atoms with Crippen LogP contribution in [0.15, 0.2) is 29.0 Å². The largest absolute Gasteiger partial charge is 0.384 e. The second-order valence-corrected chi connectivity index (χ2v) is 5.85. The first-order valence-corrected chi connectivity index (χ1v) is 7.23. The molecule has 0 unspecified atom stereocenters. The highest BCUT2D eigenvalue weighted by Crippen LogP contribution is 2.22. The van der Waals surface area contributed by atoms with Crippen LogP contribution >= 0.6 is 11.3 Å². The van der Waals surface area contributed by atoms with Gasteiger partial charge in [-0.25, -0.2) is 0 Å². The molecule has 1 aliphatic carbocycles. The molecule has 3 heteroatoms. The minimum atomic E-state index is -0.746. The highest BCUT2D eigenvalue weighted by atomic mass is 32.1. The maximum absolute atomic E-state index is 10.3. The van der Waals surface area contributed by atoms with Crippen LogP contribution in [-0.2, 0) is 5.60 Å². The van der Waals surface area contributed by atoms with Crippen molar-refractivity contribution in [2.24, 2.45) is 5.92 Å². The van der Waals surface area contributed by atoms with Crippen LogP contribution in [0.1, 0.15) is 31.7 Å². The summed E-state index contributed by atoms with van der Waals surface area (Å²) >= 11 is 1.63. The van der Waals surface area contributed by atoms with Crippen LogP contribution in [0.5, 0.6) is 0 Å². The Morgan fingerprint density at radius 2 is 2.41 bits per heavy atom. The van der Waals surface area contributed by atoms with Gasteiger partial charge in [-0.1, -0.05) is 12.2 Å². The van der Waals surface area contributed by atoms with Crippen molar-refractivity contribution in [3.05, 3.63) is 34.5 Å². The monoisotopic (exact) mass is 251 g/mol. The summed E-state index contributed by atoms with van der Waals surface area (Å²) in [5, 5.41) is 17.8. The maximum atomic E-state index is 10.3. The standard InChI is InChI=1S/C14H21NOS/c1-14(16,13-7-8-17-10-13)11-15-9-12-5-3-2-4-6-12/h2-3,7-8,10,12,15-16H,4-6,9,11H2,1H3/t12-,14+/m0/s1. The zero-order valence-corrected chi connectivity index (χ0v) is 11.2. The number of nitrogens with one attached hydrogen (secondary N) is 1.